The van der Waals surface area contributed by atoms with Gasteiger partial charge in [-0.05, 0) is 36.5 Å². The number of benzene rings is 1. The van der Waals surface area contributed by atoms with Gasteiger partial charge >= 0.3 is 0 Å². The lowest BCUT2D eigenvalue weighted by atomic mass is 10.2. The molecule has 18 heavy (non-hydrogen) atoms. The van der Waals surface area contributed by atoms with E-state index in [-0.39, 0.29) is 15.9 Å². The summed E-state index contributed by atoms with van der Waals surface area (Å²) in [6.45, 7) is 0. The Hall–Kier alpha value is -1.71. The van der Waals surface area contributed by atoms with Gasteiger partial charge < -0.3 is 11.1 Å². The number of rotatable bonds is 4. The standard InChI is InChI=1S/C9H12N4O3S2/c1-11-8(14)6-2-4-7(5-3-6)18(15,16)13-12-9(10)17/h2-5,13H,1H3,(H,11,14)(H3,10,12,17). The number of hydrogen-bond donors (Lipinski definition) is 4. The summed E-state index contributed by atoms with van der Waals surface area (Å²) in [6.07, 6.45) is 0. The molecule has 0 radical (unpaired) electrons. The monoisotopic (exact) mass is 288 g/mol. The molecule has 0 saturated heterocycles. The van der Waals surface area contributed by atoms with E-state index >= 15 is 0 Å². The first kappa shape index (κ1) is 14.4. The van der Waals surface area contributed by atoms with Crippen molar-refractivity contribution in [2.24, 2.45) is 5.73 Å². The second-order valence-electron chi connectivity index (χ2n) is 3.20. The normalized spacial score (nSPS) is 10.7. The van der Waals surface area contributed by atoms with Crippen LogP contribution in [0.1, 0.15) is 10.4 Å². The van der Waals surface area contributed by atoms with Crippen molar-refractivity contribution in [3.05, 3.63) is 29.8 Å². The Balaban J connectivity index is 2.91. The lowest BCUT2D eigenvalue weighted by molar-refractivity contribution is 0.0963. The van der Waals surface area contributed by atoms with E-state index in [1.807, 2.05) is 4.83 Å². The third kappa shape index (κ3) is 3.65. The Morgan fingerprint density at radius 2 is 1.83 bits per heavy atom. The van der Waals surface area contributed by atoms with Crippen molar-refractivity contribution in [2.75, 3.05) is 7.05 Å². The van der Waals surface area contributed by atoms with Crippen LogP contribution in [0.5, 0.6) is 0 Å². The number of thiocarbonyl (C=S) groups is 1. The lowest BCUT2D eigenvalue weighted by Crippen LogP contribution is -2.44. The first-order valence-electron chi connectivity index (χ1n) is 4.76. The van der Waals surface area contributed by atoms with Crippen molar-refractivity contribution in [1.29, 1.82) is 0 Å². The van der Waals surface area contributed by atoms with Crippen molar-refractivity contribution >= 4 is 33.3 Å². The predicted octanol–water partition coefficient (Wildman–Crippen LogP) is -0.927. The van der Waals surface area contributed by atoms with Gasteiger partial charge in [-0.2, -0.15) is 0 Å². The minimum Gasteiger partial charge on any atom is -0.375 e. The third-order valence-electron chi connectivity index (χ3n) is 1.96. The van der Waals surface area contributed by atoms with Crippen LogP contribution < -0.4 is 21.3 Å². The number of carbonyl (C=O) groups is 1. The minimum atomic E-state index is -3.76. The summed E-state index contributed by atoms with van der Waals surface area (Å²) < 4.78 is 23.4. The second kappa shape index (κ2) is 5.76. The fraction of sp³-hybridized carbons (Fsp3) is 0.111. The van der Waals surface area contributed by atoms with E-state index in [0.29, 0.717) is 5.56 Å². The molecule has 0 spiro atoms. The lowest BCUT2D eigenvalue weighted by Gasteiger charge is -2.08. The molecule has 0 saturated carbocycles. The molecule has 0 atom stereocenters. The maximum absolute atomic E-state index is 11.7. The molecule has 1 rings (SSSR count). The topological polar surface area (TPSA) is 113 Å². The van der Waals surface area contributed by atoms with Crippen LogP contribution in [0, 0.1) is 0 Å². The van der Waals surface area contributed by atoms with E-state index in [2.05, 4.69) is 23.0 Å². The number of hydrogen-bond acceptors (Lipinski definition) is 4. The van der Waals surface area contributed by atoms with Crippen LogP contribution in [0.4, 0.5) is 0 Å². The number of carbonyl (C=O) groups excluding carboxylic acids is 1. The zero-order valence-corrected chi connectivity index (χ0v) is 11.1. The van der Waals surface area contributed by atoms with Crippen LogP contribution in [0.25, 0.3) is 0 Å². The van der Waals surface area contributed by atoms with Crippen molar-refractivity contribution in [2.45, 2.75) is 4.90 Å². The molecule has 5 N–H and O–H groups in total. The average Bonchev–Trinajstić information content (AvgIpc) is 2.36. The first-order valence-corrected chi connectivity index (χ1v) is 6.65. The number of hydrazine groups is 1. The van der Waals surface area contributed by atoms with E-state index in [9.17, 15) is 13.2 Å². The van der Waals surface area contributed by atoms with Gasteiger partial charge in [0.25, 0.3) is 15.9 Å². The van der Waals surface area contributed by atoms with Crippen LogP contribution >= 0.6 is 12.2 Å². The molecule has 0 aromatic heterocycles. The third-order valence-corrected chi connectivity index (χ3v) is 3.33. The van der Waals surface area contributed by atoms with Crippen molar-refractivity contribution in [1.82, 2.24) is 15.6 Å². The summed E-state index contributed by atoms with van der Waals surface area (Å²) in [5.74, 6) is -0.298. The number of nitrogens with two attached hydrogens (primary N) is 1. The van der Waals surface area contributed by atoms with Gasteiger partial charge in [0.15, 0.2) is 5.11 Å². The minimum absolute atomic E-state index is 0.0149. The quantitative estimate of drug-likeness (QED) is 0.421. The van der Waals surface area contributed by atoms with Crippen LogP contribution in [0.15, 0.2) is 29.2 Å². The highest BCUT2D eigenvalue weighted by atomic mass is 32.2. The Bertz CT molecular complexity index is 554. The van der Waals surface area contributed by atoms with E-state index in [4.69, 9.17) is 5.73 Å². The Kier molecular flexibility index (Phi) is 4.59. The molecule has 0 unspecified atom stereocenters. The number of sulfonamides is 1. The molecule has 0 bridgehead atoms. The van der Waals surface area contributed by atoms with Crippen molar-refractivity contribution < 1.29 is 13.2 Å². The molecule has 9 heteroatoms. The number of nitrogens with one attached hydrogen (secondary N) is 3. The largest absolute Gasteiger partial charge is 0.375 e. The Labute approximate surface area is 110 Å². The Morgan fingerprint density at radius 1 is 1.28 bits per heavy atom. The summed E-state index contributed by atoms with van der Waals surface area (Å²) in [5.41, 5.74) is 7.58. The van der Waals surface area contributed by atoms with E-state index < -0.39 is 10.0 Å². The molecule has 0 aliphatic heterocycles. The van der Waals surface area contributed by atoms with Gasteiger partial charge in [0, 0.05) is 12.6 Å². The van der Waals surface area contributed by atoms with Gasteiger partial charge in [0.1, 0.15) is 0 Å². The SMILES string of the molecule is CNC(=O)c1ccc(S(=O)(=O)NNC(N)=S)cc1. The summed E-state index contributed by atoms with van der Waals surface area (Å²) in [4.78, 5) is 13.2. The molecule has 0 heterocycles. The maximum atomic E-state index is 11.7. The van der Waals surface area contributed by atoms with Crippen LogP contribution in [0.3, 0.4) is 0 Å². The fourth-order valence-corrected chi connectivity index (χ4v) is 2.08. The zero-order valence-electron chi connectivity index (χ0n) is 9.43. The van der Waals surface area contributed by atoms with E-state index in [0.717, 1.165) is 0 Å². The molecule has 1 aromatic rings. The molecule has 1 amide bonds. The van der Waals surface area contributed by atoms with E-state index in [1.165, 1.54) is 31.3 Å². The summed E-state index contributed by atoms with van der Waals surface area (Å²) in [6, 6.07) is 5.39. The van der Waals surface area contributed by atoms with Gasteiger partial charge in [-0.25, -0.2) is 8.42 Å². The smallest absolute Gasteiger partial charge is 0.257 e. The highest BCUT2D eigenvalue weighted by Gasteiger charge is 2.14. The summed E-state index contributed by atoms with van der Waals surface area (Å²) >= 11 is 4.47. The molecule has 7 nitrogen and oxygen atoms in total. The zero-order chi connectivity index (χ0) is 13.8. The number of amides is 1. The fourth-order valence-electron chi connectivity index (χ4n) is 1.11. The van der Waals surface area contributed by atoms with Crippen LogP contribution in [-0.4, -0.2) is 26.5 Å². The van der Waals surface area contributed by atoms with Crippen molar-refractivity contribution in [3.63, 3.8) is 0 Å². The highest BCUT2D eigenvalue weighted by molar-refractivity contribution is 7.89. The maximum Gasteiger partial charge on any atom is 0.257 e. The van der Waals surface area contributed by atoms with Gasteiger partial charge in [-0.15, -0.1) is 4.83 Å². The molecular weight excluding hydrogens is 276 g/mol. The molecule has 0 aliphatic carbocycles. The van der Waals surface area contributed by atoms with Gasteiger partial charge in [-0.3, -0.25) is 10.2 Å². The van der Waals surface area contributed by atoms with Crippen LogP contribution in [0.2, 0.25) is 0 Å². The highest BCUT2D eigenvalue weighted by Crippen LogP contribution is 2.09. The van der Waals surface area contributed by atoms with Crippen molar-refractivity contribution in [3.8, 4) is 0 Å². The second-order valence-corrected chi connectivity index (χ2v) is 5.32. The summed E-state index contributed by atoms with van der Waals surface area (Å²) in [5, 5.41) is 2.24. The van der Waals surface area contributed by atoms with Crippen LogP contribution in [-0.2, 0) is 10.0 Å². The average molecular weight is 288 g/mol. The molecule has 0 aliphatic rings. The molecule has 0 fully saturated rings. The van der Waals surface area contributed by atoms with E-state index in [1.54, 1.807) is 0 Å². The van der Waals surface area contributed by atoms with Gasteiger partial charge in [0.2, 0.25) is 0 Å². The first-order chi connectivity index (χ1) is 8.36. The van der Waals surface area contributed by atoms with Gasteiger partial charge in [0.05, 0.1) is 4.90 Å². The Morgan fingerprint density at radius 3 is 2.28 bits per heavy atom. The predicted molar refractivity (Wildman–Crippen MR) is 70.1 cm³/mol. The van der Waals surface area contributed by atoms with Gasteiger partial charge in [-0.1, -0.05) is 0 Å². The molecular formula is C9H12N4O3S2. The summed E-state index contributed by atoms with van der Waals surface area (Å²) in [7, 11) is -2.28. The molecule has 1 aromatic carbocycles. The molecule has 98 valence electrons.